The number of carbonyl (C=O) groups is 1. The molecule has 3 aromatic rings. The minimum absolute atomic E-state index is 0.0421. The molecule has 0 spiro atoms. The summed E-state index contributed by atoms with van der Waals surface area (Å²) in [4.78, 5) is 19.0. The molecule has 7 heteroatoms. The van der Waals surface area contributed by atoms with E-state index in [2.05, 4.69) is 6.58 Å². The number of methoxy groups -OCH3 is 1. The van der Waals surface area contributed by atoms with Crippen molar-refractivity contribution >= 4 is 28.1 Å². The Morgan fingerprint density at radius 3 is 2.55 bits per heavy atom. The van der Waals surface area contributed by atoms with Gasteiger partial charge in [0.1, 0.15) is 5.75 Å². The third kappa shape index (κ3) is 5.24. The summed E-state index contributed by atoms with van der Waals surface area (Å²) in [6.07, 6.45) is 1.23. The molecule has 0 unspecified atom stereocenters. The van der Waals surface area contributed by atoms with Crippen LogP contribution in [0.1, 0.15) is 20.8 Å². The number of anilines is 2. The summed E-state index contributed by atoms with van der Waals surface area (Å²) in [6.45, 7) is 9.96. The van der Waals surface area contributed by atoms with Gasteiger partial charge in [-0.3, -0.25) is 9.69 Å². The van der Waals surface area contributed by atoms with E-state index in [4.69, 9.17) is 19.2 Å². The molecule has 6 nitrogen and oxygen atoms in total. The van der Waals surface area contributed by atoms with Crippen molar-refractivity contribution in [1.82, 2.24) is 4.98 Å². The van der Waals surface area contributed by atoms with Gasteiger partial charge >= 0.3 is 0 Å². The molecule has 1 heterocycles. The molecule has 2 aromatic carbocycles. The number of ether oxygens (including phenoxy) is 3. The third-order valence-corrected chi connectivity index (χ3v) is 5.14. The lowest BCUT2D eigenvalue weighted by molar-refractivity contribution is -0.113. The highest BCUT2D eigenvalue weighted by Crippen LogP contribution is 2.38. The number of hydrogen-bond acceptors (Lipinski definition) is 6. The molecule has 0 aliphatic carbocycles. The normalized spacial score (nSPS) is 10.6. The van der Waals surface area contributed by atoms with Gasteiger partial charge in [-0.25, -0.2) is 4.98 Å². The molecule has 0 saturated carbocycles. The van der Waals surface area contributed by atoms with E-state index in [1.165, 1.54) is 22.3 Å². The molecule has 162 valence electrons. The second kappa shape index (κ2) is 10.1. The molecular weight excluding hydrogens is 412 g/mol. The van der Waals surface area contributed by atoms with Crippen molar-refractivity contribution in [3.63, 3.8) is 0 Å². The Morgan fingerprint density at radius 2 is 1.94 bits per heavy atom. The molecule has 1 aromatic heterocycles. The fourth-order valence-corrected chi connectivity index (χ4v) is 3.80. The number of carbonyl (C=O) groups excluding carboxylic acids is 1. The number of amides is 1. The van der Waals surface area contributed by atoms with Crippen LogP contribution >= 0.6 is 11.3 Å². The van der Waals surface area contributed by atoms with Gasteiger partial charge in [-0.2, -0.15) is 0 Å². The van der Waals surface area contributed by atoms with Gasteiger partial charge in [0.25, 0.3) is 5.91 Å². The fraction of sp³-hybridized carbons (Fsp3) is 0.250. The average molecular weight is 439 g/mol. The van der Waals surface area contributed by atoms with Gasteiger partial charge in [0, 0.05) is 17.0 Å². The molecule has 0 aliphatic heterocycles. The largest absolute Gasteiger partial charge is 0.497 e. The number of nitrogens with zero attached hydrogens (tertiary/aromatic N) is 2. The van der Waals surface area contributed by atoms with Gasteiger partial charge in [-0.05, 0) is 63.2 Å². The molecule has 0 saturated heterocycles. The summed E-state index contributed by atoms with van der Waals surface area (Å²) in [5.74, 6) is 1.69. The molecule has 0 radical (unpaired) electrons. The van der Waals surface area contributed by atoms with Crippen LogP contribution in [0.5, 0.6) is 17.2 Å². The van der Waals surface area contributed by atoms with Crippen LogP contribution in [0.25, 0.3) is 11.3 Å². The molecule has 0 atom stereocenters. The maximum atomic E-state index is 12.8. The van der Waals surface area contributed by atoms with Crippen LogP contribution in [0, 0.1) is 0 Å². The van der Waals surface area contributed by atoms with Crippen molar-refractivity contribution < 1.29 is 19.0 Å². The summed E-state index contributed by atoms with van der Waals surface area (Å²) < 4.78 is 16.8. The Morgan fingerprint density at radius 1 is 1.19 bits per heavy atom. The van der Waals surface area contributed by atoms with Gasteiger partial charge < -0.3 is 14.2 Å². The van der Waals surface area contributed by atoms with E-state index >= 15 is 0 Å². The Bertz CT molecular complexity index is 1040. The van der Waals surface area contributed by atoms with Crippen molar-refractivity contribution in [1.29, 1.82) is 0 Å². The lowest BCUT2D eigenvalue weighted by atomic mass is 10.2. The highest BCUT2D eigenvalue weighted by atomic mass is 32.1. The lowest BCUT2D eigenvalue weighted by Gasteiger charge is -2.21. The smallest absolute Gasteiger partial charge is 0.256 e. The number of benzene rings is 2. The van der Waals surface area contributed by atoms with Crippen molar-refractivity contribution in [3.8, 4) is 28.5 Å². The second-order valence-electron chi connectivity index (χ2n) is 6.85. The van der Waals surface area contributed by atoms with E-state index in [0.29, 0.717) is 28.9 Å². The summed E-state index contributed by atoms with van der Waals surface area (Å²) >= 11 is 1.38. The van der Waals surface area contributed by atoms with Crippen molar-refractivity contribution in [2.45, 2.75) is 26.9 Å². The average Bonchev–Trinajstić information content (AvgIpc) is 3.25. The van der Waals surface area contributed by atoms with E-state index in [-0.39, 0.29) is 12.0 Å². The van der Waals surface area contributed by atoms with Crippen LogP contribution in [0.4, 0.5) is 10.8 Å². The van der Waals surface area contributed by atoms with Crippen LogP contribution in [0.15, 0.2) is 60.5 Å². The molecule has 1 amide bonds. The molecule has 0 bridgehead atoms. The maximum absolute atomic E-state index is 12.8. The zero-order valence-corrected chi connectivity index (χ0v) is 18.9. The molecule has 31 heavy (non-hydrogen) atoms. The van der Waals surface area contributed by atoms with E-state index < -0.39 is 0 Å². The van der Waals surface area contributed by atoms with E-state index in [1.807, 2.05) is 56.5 Å². The topological polar surface area (TPSA) is 60.9 Å². The second-order valence-corrected chi connectivity index (χ2v) is 7.69. The van der Waals surface area contributed by atoms with Crippen LogP contribution in [0.2, 0.25) is 0 Å². The standard InChI is InChI=1S/C24H26N2O4S/c1-6-23(27)26(18-10-13-21(29-7-2)22(14-18)30-16(3)4)24-25-20(15-31-24)17-8-11-19(28-5)12-9-17/h6,8-16H,1,7H2,2-5H3. The first kappa shape index (κ1) is 22.4. The van der Waals surface area contributed by atoms with Crippen LogP contribution in [-0.4, -0.2) is 30.7 Å². The molecular formula is C24H26N2O4S. The quantitative estimate of drug-likeness (QED) is 0.392. The maximum Gasteiger partial charge on any atom is 0.256 e. The van der Waals surface area contributed by atoms with Crippen LogP contribution in [0.3, 0.4) is 0 Å². The Hall–Kier alpha value is -3.32. The number of thiazole rings is 1. The van der Waals surface area contributed by atoms with Crippen molar-refractivity contribution in [2.75, 3.05) is 18.6 Å². The Kier molecular flexibility index (Phi) is 7.31. The Labute approximate surface area is 186 Å². The van der Waals surface area contributed by atoms with Crippen molar-refractivity contribution in [2.24, 2.45) is 0 Å². The number of hydrogen-bond donors (Lipinski definition) is 0. The van der Waals surface area contributed by atoms with E-state index in [0.717, 1.165) is 17.0 Å². The van der Waals surface area contributed by atoms with Gasteiger partial charge in [0.2, 0.25) is 0 Å². The van der Waals surface area contributed by atoms with Crippen molar-refractivity contribution in [3.05, 3.63) is 60.5 Å². The molecule has 0 fully saturated rings. The summed E-state index contributed by atoms with van der Waals surface area (Å²) in [5, 5.41) is 2.45. The first-order valence-corrected chi connectivity index (χ1v) is 10.8. The number of aromatic nitrogens is 1. The Balaban J connectivity index is 2.00. The predicted molar refractivity (Wildman–Crippen MR) is 125 cm³/mol. The van der Waals surface area contributed by atoms with E-state index in [1.54, 1.807) is 19.2 Å². The van der Waals surface area contributed by atoms with Crippen LogP contribution < -0.4 is 19.1 Å². The molecule has 0 aliphatic rings. The molecule has 0 N–H and O–H groups in total. The zero-order chi connectivity index (χ0) is 22.4. The fourth-order valence-electron chi connectivity index (χ4n) is 2.94. The van der Waals surface area contributed by atoms with Gasteiger partial charge in [0.15, 0.2) is 16.6 Å². The van der Waals surface area contributed by atoms with Gasteiger partial charge in [-0.15, -0.1) is 11.3 Å². The predicted octanol–water partition coefficient (Wildman–Crippen LogP) is 5.86. The minimum atomic E-state index is -0.282. The number of rotatable bonds is 9. The summed E-state index contributed by atoms with van der Waals surface area (Å²) in [7, 11) is 1.63. The van der Waals surface area contributed by atoms with Gasteiger partial charge in [-0.1, -0.05) is 6.58 Å². The van der Waals surface area contributed by atoms with Gasteiger partial charge in [0.05, 0.1) is 31.2 Å². The first-order chi connectivity index (χ1) is 15.0. The summed E-state index contributed by atoms with van der Waals surface area (Å²) in [6, 6.07) is 13.0. The lowest BCUT2D eigenvalue weighted by Crippen LogP contribution is -2.23. The third-order valence-electron chi connectivity index (χ3n) is 4.31. The monoisotopic (exact) mass is 438 g/mol. The minimum Gasteiger partial charge on any atom is -0.497 e. The molecule has 3 rings (SSSR count). The first-order valence-electron chi connectivity index (χ1n) is 9.96. The zero-order valence-electron chi connectivity index (χ0n) is 18.1. The highest BCUT2D eigenvalue weighted by Gasteiger charge is 2.22. The van der Waals surface area contributed by atoms with E-state index in [9.17, 15) is 4.79 Å². The van der Waals surface area contributed by atoms with Crippen LogP contribution in [-0.2, 0) is 4.79 Å². The summed E-state index contributed by atoms with van der Waals surface area (Å²) in [5.41, 5.74) is 2.33. The SMILES string of the molecule is C=CC(=O)N(c1ccc(OCC)c(OC(C)C)c1)c1nc(-c2ccc(OC)cc2)cs1. The highest BCUT2D eigenvalue weighted by molar-refractivity contribution is 7.14.